The van der Waals surface area contributed by atoms with Crippen molar-refractivity contribution in [3.8, 4) is 11.5 Å². The van der Waals surface area contributed by atoms with Crippen LogP contribution in [0.2, 0.25) is 0 Å². The molecule has 25 heavy (non-hydrogen) atoms. The second-order valence-electron chi connectivity index (χ2n) is 7.53. The molecule has 1 fully saturated rings. The van der Waals surface area contributed by atoms with E-state index < -0.39 is 5.79 Å². The highest BCUT2D eigenvalue weighted by Crippen LogP contribution is 2.40. The minimum atomic E-state index is -0.671. The number of benzene rings is 1. The number of nitrogens with one attached hydrogen (secondary N) is 2. The molecule has 1 saturated heterocycles. The smallest absolute Gasteiger partial charge is 0.246 e. The fourth-order valence-electron chi connectivity index (χ4n) is 3.21. The number of carbonyl (C=O) groups excluding carboxylic acids is 1. The normalized spacial score (nSPS) is 20.5. The maximum atomic E-state index is 12.8. The van der Waals surface area contributed by atoms with Crippen LogP contribution in [0.25, 0.3) is 0 Å². The molecule has 0 saturated carbocycles. The lowest BCUT2D eigenvalue weighted by atomic mass is 10.00. The molecule has 0 radical (unpaired) electrons. The van der Waals surface area contributed by atoms with E-state index in [1.165, 1.54) is 0 Å². The van der Waals surface area contributed by atoms with Crippen LogP contribution in [0.4, 0.5) is 5.69 Å². The van der Waals surface area contributed by atoms with Gasteiger partial charge in [-0.2, -0.15) is 0 Å². The van der Waals surface area contributed by atoms with Gasteiger partial charge >= 0.3 is 0 Å². The number of amides is 1. The van der Waals surface area contributed by atoms with Gasteiger partial charge in [0.05, 0.1) is 6.04 Å². The summed E-state index contributed by atoms with van der Waals surface area (Å²) in [6, 6.07) is 5.56. The van der Waals surface area contributed by atoms with Crippen molar-refractivity contribution in [2.24, 2.45) is 5.92 Å². The molecule has 0 spiro atoms. The average molecular weight is 348 g/mol. The summed E-state index contributed by atoms with van der Waals surface area (Å²) in [5.41, 5.74) is 0.712. The van der Waals surface area contributed by atoms with Crippen LogP contribution in [0.3, 0.4) is 0 Å². The monoisotopic (exact) mass is 348 g/mol. The first kappa shape index (κ1) is 18.0. The highest BCUT2D eigenvalue weighted by atomic mass is 16.7. The molecular formula is C19H28N2O4. The number of hydrogen-bond donors (Lipinski definition) is 2. The minimum Gasteiger partial charge on any atom is -0.449 e. The highest BCUT2D eigenvalue weighted by molar-refractivity contribution is 5.95. The van der Waals surface area contributed by atoms with E-state index in [-0.39, 0.29) is 17.9 Å². The predicted molar refractivity (Wildman–Crippen MR) is 96.0 cm³/mol. The Labute approximate surface area is 149 Å². The van der Waals surface area contributed by atoms with Gasteiger partial charge in [-0.3, -0.25) is 4.79 Å². The topological polar surface area (TPSA) is 68.8 Å². The maximum Gasteiger partial charge on any atom is 0.246 e. The summed E-state index contributed by atoms with van der Waals surface area (Å²) < 4.78 is 16.8. The molecule has 1 atom stereocenters. The fourth-order valence-corrected chi connectivity index (χ4v) is 3.21. The number of carbonyl (C=O) groups is 1. The van der Waals surface area contributed by atoms with Gasteiger partial charge in [0, 0.05) is 44.9 Å². The maximum absolute atomic E-state index is 12.8. The molecule has 2 heterocycles. The molecule has 2 aliphatic rings. The molecule has 0 bridgehead atoms. The van der Waals surface area contributed by atoms with E-state index in [9.17, 15) is 4.79 Å². The lowest BCUT2D eigenvalue weighted by Crippen LogP contribution is -2.50. The summed E-state index contributed by atoms with van der Waals surface area (Å²) in [7, 11) is 0. The lowest BCUT2D eigenvalue weighted by Gasteiger charge is -2.30. The predicted octanol–water partition coefficient (Wildman–Crippen LogP) is 2.93. The number of hydrogen-bond acceptors (Lipinski definition) is 5. The van der Waals surface area contributed by atoms with E-state index in [0.717, 1.165) is 26.1 Å². The van der Waals surface area contributed by atoms with Crippen LogP contribution in [0, 0.1) is 5.92 Å². The largest absolute Gasteiger partial charge is 0.449 e. The molecule has 0 aliphatic carbocycles. The zero-order valence-corrected chi connectivity index (χ0v) is 15.4. The van der Waals surface area contributed by atoms with Crippen LogP contribution >= 0.6 is 0 Å². The molecule has 6 heteroatoms. The molecule has 6 nitrogen and oxygen atoms in total. The Hall–Kier alpha value is -1.79. The van der Waals surface area contributed by atoms with Gasteiger partial charge in [-0.15, -0.1) is 0 Å². The van der Waals surface area contributed by atoms with E-state index in [1.54, 1.807) is 0 Å². The lowest BCUT2D eigenvalue weighted by molar-refractivity contribution is -0.119. The number of fused-ring (bicyclic) bond motifs is 1. The van der Waals surface area contributed by atoms with Crippen molar-refractivity contribution in [1.29, 1.82) is 0 Å². The van der Waals surface area contributed by atoms with Crippen LogP contribution < -0.4 is 20.1 Å². The number of rotatable bonds is 5. The molecule has 0 aromatic heterocycles. The second-order valence-corrected chi connectivity index (χ2v) is 7.53. The third-order valence-corrected chi connectivity index (χ3v) is 4.51. The van der Waals surface area contributed by atoms with Crippen molar-refractivity contribution in [2.75, 3.05) is 18.5 Å². The van der Waals surface area contributed by atoms with E-state index in [1.807, 2.05) is 32.0 Å². The highest BCUT2D eigenvalue weighted by Gasteiger charge is 2.32. The molecule has 1 unspecified atom stereocenters. The van der Waals surface area contributed by atoms with Gasteiger partial charge in [0.15, 0.2) is 11.5 Å². The summed E-state index contributed by atoms with van der Waals surface area (Å²) in [5.74, 6) is 0.844. The number of anilines is 1. The standard InChI is InChI=1S/C19H28N2O4/c1-12(2)17(20-13-7-9-23-10-8-13)18(22)21-14-5-6-15-16(11-14)25-19(3,4)24-15/h5-6,11-13,17,20H,7-10H2,1-4H3,(H,21,22). The van der Waals surface area contributed by atoms with Crippen molar-refractivity contribution in [1.82, 2.24) is 5.32 Å². The SMILES string of the molecule is CC(C)C(NC1CCOCC1)C(=O)Nc1ccc2c(c1)OC(C)(C)O2. The van der Waals surface area contributed by atoms with Gasteiger partial charge in [-0.1, -0.05) is 13.8 Å². The second kappa shape index (κ2) is 7.22. The summed E-state index contributed by atoms with van der Waals surface area (Å²) in [5, 5.41) is 6.49. The van der Waals surface area contributed by atoms with Gasteiger partial charge in [0.25, 0.3) is 0 Å². The van der Waals surface area contributed by atoms with Crippen molar-refractivity contribution >= 4 is 11.6 Å². The molecule has 1 amide bonds. The Kier molecular flexibility index (Phi) is 5.20. The molecule has 138 valence electrons. The Morgan fingerprint density at radius 3 is 2.52 bits per heavy atom. The molecule has 3 rings (SSSR count). The van der Waals surface area contributed by atoms with Crippen molar-refractivity contribution < 1.29 is 19.0 Å². The van der Waals surface area contributed by atoms with Crippen molar-refractivity contribution in [2.45, 2.75) is 58.4 Å². The van der Waals surface area contributed by atoms with E-state index >= 15 is 0 Å². The Balaban J connectivity index is 1.65. The third-order valence-electron chi connectivity index (χ3n) is 4.51. The van der Waals surface area contributed by atoms with E-state index in [0.29, 0.717) is 23.2 Å². The molecule has 1 aromatic carbocycles. The van der Waals surface area contributed by atoms with Gasteiger partial charge in [-0.25, -0.2) is 0 Å². The van der Waals surface area contributed by atoms with E-state index in [4.69, 9.17) is 14.2 Å². The Bertz CT molecular complexity index is 624. The molecule has 2 aliphatic heterocycles. The third kappa shape index (κ3) is 4.44. The van der Waals surface area contributed by atoms with Crippen LogP contribution in [0.1, 0.15) is 40.5 Å². The van der Waals surface area contributed by atoms with Crippen LogP contribution in [0.15, 0.2) is 18.2 Å². The summed E-state index contributed by atoms with van der Waals surface area (Å²) in [6.45, 7) is 9.33. The summed E-state index contributed by atoms with van der Waals surface area (Å²) >= 11 is 0. The Morgan fingerprint density at radius 1 is 1.16 bits per heavy atom. The van der Waals surface area contributed by atoms with Crippen LogP contribution in [-0.2, 0) is 9.53 Å². The molecule has 1 aromatic rings. The summed E-state index contributed by atoms with van der Waals surface area (Å²) in [4.78, 5) is 12.8. The molecular weight excluding hydrogens is 320 g/mol. The first-order chi connectivity index (χ1) is 11.8. The summed E-state index contributed by atoms with van der Waals surface area (Å²) in [6.07, 6.45) is 1.88. The molecule has 2 N–H and O–H groups in total. The van der Waals surface area contributed by atoms with E-state index in [2.05, 4.69) is 24.5 Å². The fraction of sp³-hybridized carbons (Fsp3) is 0.632. The van der Waals surface area contributed by atoms with Crippen molar-refractivity contribution in [3.63, 3.8) is 0 Å². The van der Waals surface area contributed by atoms with Gasteiger partial charge in [-0.05, 0) is 30.9 Å². The van der Waals surface area contributed by atoms with Gasteiger partial charge < -0.3 is 24.8 Å². The minimum absolute atomic E-state index is 0.0281. The first-order valence-electron chi connectivity index (χ1n) is 9.01. The van der Waals surface area contributed by atoms with Crippen molar-refractivity contribution in [3.05, 3.63) is 18.2 Å². The average Bonchev–Trinajstić information content (AvgIpc) is 2.86. The van der Waals surface area contributed by atoms with Gasteiger partial charge in [0.1, 0.15) is 0 Å². The Morgan fingerprint density at radius 2 is 1.84 bits per heavy atom. The van der Waals surface area contributed by atoms with Gasteiger partial charge in [0.2, 0.25) is 11.7 Å². The zero-order valence-electron chi connectivity index (χ0n) is 15.4. The van der Waals surface area contributed by atoms with Crippen LogP contribution in [0.5, 0.6) is 11.5 Å². The van der Waals surface area contributed by atoms with Crippen LogP contribution in [-0.4, -0.2) is 37.0 Å². The number of ether oxygens (including phenoxy) is 3. The quantitative estimate of drug-likeness (QED) is 0.856. The first-order valence-corrected chi connectivity index (χ1v) is 9.01. The zero-order chi connectivity index (χ0) is 18.0.